The second-order valence-corrected chi connectivity index (χ2v) is 4.82. The monoisotopic (exact) mass is 203 g/mol. The van der Waals surface area contributed by atoms with Gasteiger partial charge in [-0.1, -0.05) is 13.3 Å². The Morgan fingerprint density at radius 1 is 1.21 bits per heavy atom. The molecule has 2 atom stereocenters. The SMILES string of the molecule is CCCC(F)(F)C1CC2CCC(C1)N2. The van der Waals surface area contributed by atoms with Crippen molar-refractivity contribution in [3.05, 3.63) is 0 Å². The number of fused-ring (bicyclic) bond motifs is 2. The summed E-state index contributed by atoms with van der Waals surface area (Å²) in [4.78, 5) is 0. The van der Waals surface area contributed by atoms with E-state index >= 15 is 0 Å². The Labute approximate surface area is 84.3 Å². The molecule has 1 nitrogen and oxygen atoms in total. The molecule has 0 aromatic rings. The van der Waals surface area contributed by atoms with Gasteiger partial charge in [0.15, 0.2) is 0 Å². The van der Waals surface area contributed by atoms with Gasteiger partial charge in [0, 0.05) is 24.4 Å². The molecule has 1 N–H and O–H groups in total. The van der Waals surface area contributed by atoms with Crippen molar-refractivity contribution in [2.24, 2.45) is 5.92 Å². The summed E-state index contributed by atoms with van der Waals surface area (Å²) in [5.41, 5.74) is 0. The molecule has 0 aromatic carbocycles. The second kappa shape index (κ2) is 3.76. The first-order chi connectivity index (χ1) is 6.62. The van der Waals surface area contributed by atoms with Gasteiger partial charge >= 0.3 is 0 Å². The Morgan fingerprint density at radius 3 is 2.29 bits per heavy atom. The van der Waals surface area contributed by atoms with Crippen LogP contribution in [0.15, 0.2) is 0 Å². The van der Waals surface area contributed by atoms with Crippen molar-refractivity contribution in [1.82, 2.24) is 5.32 Å². The lowest BCUT2D eigenvalue weighted by atomic mass is 9.85. The van der Waals surface area contributed by atoms with Gasteiger partial charge in [0.25, 0.3) is 5.92 Å². The minimum absolute atomic E-state index is 0.0666. The van der Waals surface area contributed by atoms with Gasteiger partial charge in [-0.3, -0.25) is 0 Å². The van der Waals surface area contributed by atoms with Gasteiger partial charge in [-0.25, -0.2) is 8.78 Å². The molecule has 2 saturated heterocycles. The standard InChI is InChI=1S/C11H19F2N/c1-2-5-11(12,13)8-6-9-3-4-10(7-8)14-9/h8-10,14H,2-7H2,1H3. The summed E-state index contributed by atoms with van der Waals surface area (Å²) in [6.07, 6.45) is 4.23. The Kier molecular flexibility index (Phi) is 2.78. The zero-order chi connectivity index (χ0) is 10.2. The van der Waals surface area contributed by atoms with E-state index in [1.54, 1.807) is 0 Å². The summed E-state index contributed by atoms with van der Waals surface area (Å²) in [5.74, 6) is -2.78. The summed E-state index contributed by atoms with van der Waals surface area (Å²) in [6.45, 7) is 1.84. The lowest BCUT2D eigenvalue weighted by Gasteiger charge is -2.34. The van der Waals surface area contributed by atoms with Gasteiger partial charge in [-0.15, -0.1) is 0 Å². The zero-order valence-electron chi connectivity index (χ0n) is 8.73. The first-order valence-corrected chi connectivity index (χ1v) is 5.75. The number of halogens is 2. The smallest absolute Gasteiger partial charge is 0.251 e. The molecule has 2 fully saturated rings. The van der Waals surface area contributed by atoms with Crippen molar-refractivity contribution in [1.29, 1.82) is 0 Å². The van der Waals surface area contributed by atoms with Gasteiger partial charge in [0.2, 0.25) is 0 Å². The minimum Gasteiger partial charge on any atom is -0.311 e. The van der Waals surface area contributed by atoms with Gasteiger partial charge in [-0.05, 0) is 25.7 Å². The van der Waals surface area contributed by atoms with Crippen LogP contribution >= 0.6 is 0 Å². The molecule has 2 heterocycles. The van der Waals surface area contributed by atoms with Crippen LogP contribution in [0.2, 0.25) is 0 Å². The molecule has 14 heavy (non-hydrogen) atoms. The summed E-state index contributed by atoms with van der Waals surface area (Å²) in [6, 6.07) is 0.753. The maximum absolute atomic E-state index is 13.7. The van der Waals surface area contributed by atoms with E-state index in [9.17, 15) is 8.78 Å². The van der Waals surface area contributed by atoms with E-state index in [1.807, 2.05) is 6.92 Å². The van der Waals surface area contributed by atoms with Crippen LogP contribution < -0.4 is 5.32 Å². The molecule has 82 valence electrons. The first kappa shape index (κ1) is 10.3. The van der Waals surface area contributed by atoms with Crippen molar-refractivity contribution in [2.45, 2.75) is 63.5 Å². The summed E-state index contributed by atoms with van der Waals surface area (Å²) in [5, 5.41) is 3.40. The number of piperidine rings is 1. The molecule has 2 aliphatic rings. The average molecular weight is 203 g/mol. The van der Waals surface area contributed by atoms with Crippen molar-refractivity contribution >= 4 is 0 Å². The molecule has 0 radical (unpaired) electrons. The van der Waals surface area contributed by atoms with Crippen LogP contribution in [0.4, 0.5) is 8.78 Å². The minimum atomic E-state index is -2.42. The normalized spacial score (nSPS) is 37.5. The van der Waals surface area contributed by atoms with Crippen LogP contribution in [-0.2, 0) is 0 Å². The van der Waals surface area contributed by atoms with E-state index in [1.165, 1.54) is 0 Å². The van der Waals surface area contributed by atoms with Gasteiger partial charge in [0.1, 0.15) is 0 Å². The molecule has 2 rings (SSSR count). The average Bonchev–Trinajstić information content (AvgIpc) is 2.45. The number of rotatable bonds is 3. The van der Waals surface area contributed by atoms with E-state index in [0.717, 1.165) is 12.8 Å². The second-order valence-electron chi connectivity index (χ2n) is 4.82. The lowest BCUT2D eigenvalue weighted by molar-refractivity contribution is -0.0812. The highest BCUT2D eigenvalue weighted by Gasteiger charge is 2.45. The number of alkyl halides is 2. The molecular formula is C11H19F2N. The molecule has 0 aromatic heterocycles. The summed E-state index contributed by atoms with van der Waals surface area (Å²) < 4.78 is 27.3. The van der Waals surface area contributed by atoms with Crippen LogP contribution in [0.25, 0.3) is 0 Å². The topological polar surface area (TPSA) is 12.0 Å². The van der Waals surface area contributed by atoms with Crippen LogP contribution in [0, 0.1) is 5.92 Å². The van der Waals surface area contributed by atoms with E-state index in [0.29, 0.717) is 31.3 Å². The third-order valence-corrected chi connectivity index (χ3v) is 3.65. The van der Waals surface area contributed by atoms with Crippen LogP contribution in [0.3, 0.4) is 0 Å². The summed E-state index contributed by atoms with van der Waals surface area (Å²) >= 11 is 0. The van der Waals surface area contributed by atoms with Gasteiger partial charge < -0.3 is 5.32 Å². The Hall–Kier alpha value is -0.180. The maximum atomic E-state index is 13.7. The van der Waals surface area contributed by atoms with Crippen molar-refractivity contribution in [3.8, 4) is 0 Å². The van der Waals surface area contributed by atoms with E-state index in [2.05, 4.69) is 5.32 Å². The fourth-order valence-corrected chi connectivity index (χ4v) is 2.94. The Morgan fingerprint density at radius 2 is 1.79 bits per heavy atom. The molecule has 2 bridgehead atoms. The zero-order valence-corrected chi connectivity index (χ0v) is 8.73. The maximum Gasteiger partial charge on any atom is 0.251 e. The van der Waals surface area contributed by atoms with Crippen LogP contribution in [-0.4, -0.2) is 18.0 Å². The van der Waals surface area contributed by atoms with Crippen molar-refractivity contribution < 1.29 is 8.78 Å². The third-order valence-electron chi connectivity index (χ3n) is 3.65. The molecule has 3 heteroatoms. The van der Waals surface area contributed by atoms with E-state index in [4.69, 9.17) is 0 Å². The quantitative estimate of drug-likeness (QED) is 0.743. The summed E-state index contributed by atoms with van der Waals surface area (Å²) in [7, 11) is 0. The Balaban J connectivity index is 1.98. The van der Waals surface area contributed by atoms with Gasteiger partial charge in [-0.2, -0.15) is 0 Å². The fraction of sp³-hybridized carbons (Fsp3) is 1.00. The lowest BCUT2D eigenvalue weighted by Crippen LogP contribution is -2.44. The first-order valence-electron chi connectivity index (χ1n) is 5.75. The number of nitrogens with one attached hydrogen (secondary N) is 1. The molecule has 2 unspecified atom stereocenters. The van der Waals surface area contributed by atoms with Crippen molar-refractivity contribution in [2.75, 3.05) is 0 Å². The number of hydrogen-bond donors (Lipinski definition) is 1. The highest BCUT2D eigenvalue weighted by Crippen LogP contribution is 2.41. The highest BCUT2D eigenvalue weighted by molar-refractivity contribution is 4.95. The molecule has 0 aliphatic carbocycles. The van der Waals surface area contributed by atoms with E-state index in [-0.39, 0.29) is 12.3 Å². The number of hydrogen-bond acceptors (Lipinski definition) is 1. The molecular weight excluding hydrogens is 184 g/mol. The molecule has 0 saturated carbocycles. The highest BCUT2D eigenvalue weighted by atomic mass is 19.3. The predicted molar refractivity (Wildman–Crippen MR) is 52.5 cm³/mol. The van der Waals surface area contributed by atoms with Crippen LogP contribution in [0.1, 0.15) is 45.4 Å². The predicted octanol–water partition coefficient (Wildman–Crippen LogP) is 2.95. The van der Waals surface area contributed by atoms with Crippen LogP contribution in [0.5, 0.6) is 0 Å². The van der Waals surface area contributed by atoms with Gasteiger partial charge in [0.05, 0.1) is 0 Å². The van der Waals surface area contributed by atoms with E-state index < -0.39 is 5.92 Å². The largest absolute Gasteiger partial charge is 0.311 e. The van der Waals surface area contributed by atoms with Crippen molar-refractivity contribution in [3.63, 3.8) is 0 Å². The Bertz CT molecular complexity index is 193. The molecule has 2 aliphatic heterocycles. The third kappa shape index (κ3) is 1.92. The molecule has 0 amide bonds. The molecule has 0 spiro atoms. The fourth-order valence-electron chi connectivity index (χ4n) is 2.94.